The molecule has 1 saturated heterocycles. The Kier molecular flexibility index (Phi) is 7.21. The van der Waals surface area contributed by atoms with E-state index in [0.717, 1.165) is 24.3 Å². The third-order valence-corrected chi connectivity index (χ3v) is 7.80. The predicted octanol–water partition coefficient (Wildman–Crippen LogP) is 4.34. The number of carbonyl (C=O) groups excluding carboxylic acids is 1. The minimum Gasteiger partial charge on any atom is -0.488 e. The summed E-state index contributed by atoms with van der Waals surface area (Å²) in [5, 5.41) is 11.3. The number of nitrogens with zero attached hydrogens (tertiary/aromatic N) is 4. The van der Waals surface area contributed by atoms with Crippen molar-refractivity contribution >= 4 is 40.6 Å². The maximum absolute atomic E-state index is 12.4. The largest absolute Gasteiger partial charge is 0.488 e. The van der Waals surface area contributed by atoms with E-state index < -0.39 is 0 Å². The molecule has 180 valence electrons. The number of hydrogen-bond donors (Lipinski definition) is 1. The van der Waals surface area contributed by atoms with Gasteiger partial charge in [0.05, 0.1) is 27.6 Å². The number of aromatic nitrogens is 4. The summed E-state index contributed by atoms with van der Waals surface area (Å²) in [6.07, 6.45) is 5.50. The van der Waals surface area contributed by atoms with Crippen LogP contribution < -0.4 is 15.6 Å². The van der Waals surface area contributed by atoms with Gasteiger partial charge in [0.15, 0.2) is 0 Å². The van der Waals surface area contributed by atoms with Crippen LogP contribution in [0.15, 0.2) is 65.7 Å². The maximum Gasteiger partial charge on any atom is 0.261 e. The van der Waals surface area contributed by atoms with Crippen LogP contribution in [0.4, 0.5) is 0 Å². The van der Waals surface area contributed by atoms with E-state index in [1.807, 2.05) is 36.0 Å². The Morgan fingerprint density at radius 2 is 2.03 bits per heavy atom. The van der Waals surface area contributed by atoms with Gasteiger partial charge < -0.3 is 10.1 Å². The number of nitrogens with one attached hydrogen (secondary N) is 1. The van der Waals surface area contributed by atoms with Gasteiger partial charge in [0.25, 0.3) is 11.5 Å². The van der Waals surface area contributed by atoms with Crippen LogP contribution in [0.5, 0.6) is 5.75 Å². The van der Waals surface area contributed by atoms with Crippen LogP contribution >= 0.6 is 34.7 Å². The van der Waals surface area contributed by atoms with Gasteiger partial charge in [0, 0.05) is 18.3 Å². The molecular weight excluding hydrogens is 506 g/mol. The van der Waals surface area contributed by atoms with E-state index in [1.54, 1.807) is 39.8 Å². The van der Waals surface area contributed by atoms with Crippen LogP contribution in [0.2, 0.25) is 4.34 Å². The Balaban J connectivity index is 1.40. The quantitative estimate of drug-likeness (QED) is 0.384. The highest BCUT2D eigenvalue weighted by Gasteiger charge is 2.19. The van der Waals surface area contributed by atoms with Crippen molar-refractivity contribution in [2.45, 2.75) is 25.5 Å². The normalized spacial score (nSPS) is 14.1. The summed E-state index contributed by atoms with van der Waals surface area (Å²) in [5.41, 5.74) is 1.91. The van der Waals surface area contributed by atoms with Crippen LogP contribution in [0, 0.1) is 0 Å². The van der Waals surface area contributed by atoms with Gasteiger partial charge in [-0.15, -0.1) is 16.4 Å². The molecule has 1 amide bonds. The average Bonchev–Trinajstić information content (AvgIpc) is 3.53. The summed E-state index contributed by atoms with van der Waals surface area (Å²) in [5.74, 6) is 2.53. The summed E-state index contributed by atoms with van der Waals surface area (Å²) >= 11 is 9.07. The minimum atomic E-state index is -0.215. The first kappa shape index (κ1) is 23.7. The monoisotopic (exact) mass is 527 g/mol. The zero-order chi connectivity index (χ0) is 24.2. The van der Waals surface area contributed by atoms with Gasteiger partial charge in [-0.25, -0.2) is 4.68 Å². The maximum atomic E-state index is 12.4. The van der Waals surface area contributed by atoms with Crippen LogP contribution in [0.25, 0.3) is 11.4 Å². The number of thioether (sulfide) groups is 1. The molecule has 0 saturated carbocycles. The third kappa shape index (κ3) is 5.61. The molecule has 0 spiro atoms. The van der Waals surface area contributed by atoms with Crippen molar-refractivity contribution in [1.82, 2.24) is 24.9 Å². The summed E-state index contributed by atoms with van der Waals surface area (Å²) in [7, 11) is 0. The fraction of sp³-hybridized carbons (Fsp3) is 0.250. The van der Waals surface area contributed by atoms with Gasteiger partial charge in [-0.2, -0.15) is 11.8 Å². The molecule has 5 rings (SSSR count). The zero-order valence-corrected chi connectivity index (χ0v) is 21.0. The van der Waals surface area contributed by atoms with Gasteiger partial charge >= 0.3 is 0 Å². The fourth-order valence-corrected chi connectivity index (χ4v) is 5.76. The van der Waals surface area contributed by atoms with Gasteiger partial charge in [-0.1, -0.05) is 22.9 Å². The predicted molar refractivity (Wildman–Crippen MR) is 138 cm³/mol. The highest BCUT2D eigenvalue weighted by molar-refractivity contribution is 7.99. The number of amides is 1. The molecular formula is C24H22ClN5O3S2. The molecule has 0 aliphatic carbocycles. The lowest BCUT2D eigenvalue weighted by molar-refractivity contribution is 0.0954. The van der Waals surface area contributed by atoms with E-state index >= 15 is 0 Å². The molecule has 1 aliphatic heterocycles. The highest BCUT2D eigenvalue weighted by atomic mass is 35.5. The van der Waals surface area contributed by atoms with Crippen molar-refractivity contribution in [3.05, 3.63) is 86.2 Å². The second-order valence-corrected chi connectivity index (χ2v) is 10.9. The SMILES string of the molecule is O=C(NCc1cn(-c2ccc(-n3ccccc3=O)cc2OC2CCSCC2)nn1)c1ccc(Cl)s1. The molecule has 11 heteroatoms. The molecule has 35 heavy (non-hydrogen) atoms. The molecule has 0 bridgehead atoms. The topological polar surface area (TPSA) is 91.0 Å². The zero-order valence-electron chi connectivity index (χ0n) is 18.6. The molecule has 0 atom stereocenters. The summed E-state index contributed by atoms with van der Waals surface area (Å²) in [6.45, 7) is 0.224. The summed E-state index contributed by atoms with van der Waals surface area (Å²) in [6, 6.07) is 14.0. The van der Waals surface area contributed by atoms with Crippen LogP contribution in [-0.4, -0.2) is 43.1 Å². The molecule has 1 fully saturated rings. The van der Waals surface area contributed by atoms with E-state index in [-0.39, 0.29) is 24.1 Å². The van der Waals surface area contributed by atoms with Gasteiger partial charge in [-0.05, 0) is 54.7 Å². The Hall–Kier alpha value is -3.08. The standard InChI is InChI=1S/C24H22ClN5O3S2/c25-22-7-6-21(35-22)24(32)26-14-16-15-30(28-27-16)19-5-4-17(29-10-2-1-3-23(29)31)13-20(19)33-18-8-11-34-12-9-18/h1-7,10,13,15,18H,8-9,11-12,14H2,(H,26,32). The lowest BCUT2D eigenvalue weighted by atomic mass is 10.2. The van der Waals surface area contributed by atoms with Gasteiger partial charge in [0.2, 0.25) is 0 Å². The summed E-state index contributed by atoms with van der Waals surface area (Å²) < 4.78 is 10.2. The second kappa shape index (κ2) is 10.7. The van der Waals surface area contributed by atoms with Crippen LogP contribution in [0.3, 0.4) is 0 Å². The lowest BCUT2D eigenvalue weighted by Crippen LogP contribution is -2.23. The first-order valence-corrected chi connectivity index (χ1v) is 13.4. The number of rotatable bonds is 7. The van der Waals surface area contributed by atoms with Gasteiger partial charge in [0.1, 0.15) is 23.2 Å². The number of benzene rings is 1. The van der Waals surface area contributed by atoms with E-state index in [9.17, 15) is 9.59 Å². The van der Waals surface area contributed by atoms with Crippen LogP contribution in [0.1, 0.15) is 28.2 Å². The second-order valence-electron chi connectivity index (χ2n) is 7.93. The Morgan fingerprint density at radius 3 is 2.80 bits per heavy atom. The fourth-order valence-electron chi connectivity index (χ4n) is 3.74. The highest BCUT2D eigenvalue weighted by Crippen LogP contribution is 2.30. The minimum absolute atomic E-state index is 0.0950. The first-order valence-electron chi connectivity index (χ1n) is 11.1. The van der Waals surface area contributed by atoms with Crippen molar-refractivity contribution in [2.24, 2.45) is 0 Å². The molecule has 0 unspecified atom stereocenters. The third-order valence-electron chi connectivity index (χ3n) is 5.52. The van der Waals surface area contributed by atoms with Crippen molar-refractivity contribution in [2.75, 3.05) is 11.5 Å². The summed E-state index contributed by atoms with van der Waals surface area (Å²) in [4.78, 5) is 25.2. The number of carbonyl (C=O) groups is 1. The van der Waals surface area contributed by atoms with E-state index in [4.69, 9.17) is 16.3 Å². The number of thiophene rings is 1. The van der Waals surface area contributed by atoms with Gasteiger partial charge in [-0.3, -0.25) is 14.2 Å². The number of pyridine rings is 1. The average molecular weight is 528 g/mol. The van der Waals surface area contributed by atoms with E-state index in [0.29, 0.717) is 32.0 Å². The van der Waals surface area contributed by atoms with Crippen molar-refractivity contribution in [3.63, 3.8) is 0 Å². The number of halogens is 1. The van der Waals surface area contributed by atoms with Crippen molar-refractivity contribution in [1.29, 1.82) is 0 Å². The lowest BCUT2D eigenvalue weighted by Gasteiger charge is -2.24. The molecule has 1 aromatic carbocycles. The van der Waals surface area contributed by atoms with Crippen molar-refractivity contribution in [3.8, 4) is 17.1 Å². The van der Waals surface area contributed by atoms with E-state index in [1.165, 1.54) is 17.4 Å². The number of hydrogen-bond acceptors (Lipinski definition) is 7. The van der Waals surface area contributed by atoms with Crippen LogP contribution in [-0.2, 0) is 6.54 Å². The molecule has 1 aliphatic rings. The van der Waals surface area contributed by atoms with Crippen molar-refractivity contribution < 1.29 is 9.53 Å². The molecule has 4 aromatic rings. The number of ether oxygens (including phenoxy) is 1. The Morgan fingerprint density at radius 1 is 1.17 bits per heavy atom. The Labute approximate surface area is 214 Å². The molecule has 1 N–H and O–H groups in total. The molecule has 8 nitrogen and oxygen atoms in total. The molecule has 3 aromatic heterocycles. The first-order chi connectivity index (χ1) is 17.1. The smallest absolute Gasteiger partial charge is 0.261 e. The molecule has 0 radical (unpaired) electrons. The van der Waals surface area contributed by atoms with E-state index in [2.05, 4.69) is 15.6 Å². The molecule has 4 heterocycles. The Bertz CT molecular complexity index is 1390.